The first kappa shape index (κ1) is 11.6. The molecule has 0 amide bonds. The average molecular weight is 253 g/mol. The lowest BCUT2D eigenvalue weighted by atomic mass is 10.1. The van der Waals surface area contributed by atoms with Crippen LogP contribution in [0.1, 0.15) is 23.1 Å². The minimum absolute atomic E-state index is 0.824. The molecule has 0 aliphatic carbocycles. The van der Waals surface area contributed by atoms with Gasteiger partial charge in [0.15, 0.2) is 5.69 Å². The summed E-state index contributed by atoms with van der Waals surface area (Å²) in [5.41, 5.74) is 5.82. The predicted molar refractivity (Wildman–Crippen MR) is 69.7 cm³/mol. The maximum atomic E-state index is 6.31. The molecule has 1 aromatic carbocycles. The fourth-order valence-corrected chi connectivity index (χ4v) is 2.88. The molecule has 3 heteroatoms. The molecule has 0 atom stereocenters. The van der Waals surface area contributed by atoms with E-state index in [9.17, 15) is 0 Å². The lowest BCUT2D eigenvalue weighted by Crippen LogP contribution is -2.33. The fourth-order valence-electron chi connectivity index (χ4n) is 1.80. The highest BCUT2D eigenvalue weighted by molar-refractivity contribution is 7.09. The first-order chi connectivity index (χ1) is 7.65. The third-order valence-corrected chi connectivity index (χ3v) is 4.17. The second-order valence-corrected chi connectivity index (χ2v) is 5.30. The van der Waals surface area contributed by atoms with Gasteiger partial charge in [-0.25, -0.2) is 0 Å². The van der Waals surface area contributed by atoms with Gasteiger partial charge in [-0.15, -0.1) is 0 Å². The lowest BCUT2D eigenvalue weighted by molar-refractivity contribution is -0.597. The molecular formula is C13H15ClNS+. The summed E-state index contributed by atoms with van der Waals surface area (Å²) >= 11 is 8.07. The van der Waals surface area contributed by atoms with Crippen LogP contribution in [0, 0.1) is 13.8 Å². The van der Waals surface area contributed by atoms with E-state index < -0.39 is 0 Å². The molecule has 2 aromatic rings. The Morgan fingerprint density at radius 3 is 2.62 bits per heavy atom. The van der Waals surface area contributed by atoms with Crippen LogP contribution < -0.4 is 4.57 Å². The summed E-state index contributed by atoms with van der Waals surface area (Å²) in [6, 6.07) is 6.11. The van der Waals surface area contributed by atoms with Gasteiger partial charge in [-0.2, -0.15) is 4.57 Å². The Morgan fingerprint density at radius 2 is 2.06 bits per heavy atom. The molecule has 16 heavy (non-hydrogen) atoms. The van der Waals surface area contributed by atoms with Crippen molar-refractivity contribution < 1.29 is 4.57 Å². The van der Waals surface area contributed by atoms with E-state index in [0.29, 0.717) is 0 Å². The monoisotopic (exact) mass is 252 g/mol. The summed E-state index contributed by atoms with van der Waals surface area (Å²) in [5.74, 6) is 0. The Labute approximate surface area is 105 Å². The Hall–Kier alpha value is -0.860. The van der Waals surface area contributed by atoms with Crippen LogP contribution in [0.3, 0.4) is 0 Å². The highest BCUT2D eigenvalue weighted by atomic mass is 35.5. The van der Waals surface area contributed by atoms with Crippen molar-refractivity contribution in [1.29, 1.82) is 0 Å². The molecule has 1 nitrogen and oxygen atoms in total. The maximum Gasteiger partial charge on any atom is 0.233 e. The molecule has 1 heterocycles. The fraction of sp³-hybridized carbons (Fsp3) is 0.308. The molecule has 84 valence electrons. The Morgan fingerprint density at radius 1 is 1.31 bits per heavy atom. The first-order valence-corrected chi connectivity index (χ1v) is 6.65. The second-order valence-electron chi connectivity index (χ2n) is 3.84. The number of hydrogen-bond acceptors (Lipinski definition) is 1. The van der Waals surface area contributed by atoms with E-state index in [2.05, 4.69) is 36.9 Å². The summed E-state index contributed by atoms with van der Waals surface area (Å²) in [7, 11) is 0. The Balaban J connectivity index is 2.68. The topological polar surface area (TPSA) is 3.88 Å². The van der Waals surface area contributed by atoms with Crippen LogP contribution in [0.15, 0.2) is 23.7 Å². The zero-order valence-corrected chi connectivity index (χ0v) is 11.3. The number of halogens is 1. The molecule has 0 radical (unpaired) electrons. The van der Waals surface area contributed by atoms with Crippen molar-refractivity contribution >= 4 is 22.9 Å². The number of aryl methyl sites for hydroxylation is 2. The molecule has 0 unspecified atom stereocenters. The molecule has 0 fully saturated rings. The molecule has 1 aromatic heterocycles. The van der Waals surface area contributed by atoms with Crippen LogP contribution >= 0.6 is 22.9 Å². The van der Waals surface area contributed by atoms with Crippen LogP contribution in [-0.4, -0.2) is 0 Å². The molecule has 0 saturated heterocycles. The Bertz CT molecular complexity index is 517. The van der Waals surface area contributed by atoms with Gasteiger partial charge in [-0.1, -0.05) is 42.0 Å². The van der Waals surface area contributed by atoms with Gasteiger partial charge in [-0.05, 0) is 19.4 Å². The van der Waals surface area contributed by atoms with Crippen molar-refractivity contribution in [1.82, 2.24) is 0 Å². The van der Waals surface area contributed by atoms with Crippen LogP contribution in [0.5, 0.6) is 0 Å². The van der Waals surface area contributed by atoms with Gasteiger partial charge in [0.2, 0.25) is 11.2 Å². The maximum absolute atomic E-state index is 6.31. The normalized spacial score (nSPS) is 10.8. The average Bonchev–Trinajstić information content (AvgIpc) is 2.60. The molecular weight excluding hydrogens is 238 g/mol. The molecule has 0 saturated carbocycles. The van der Waals surface area contributed by atoms with E-state index in [-0.39, 0.29) is 0 Å². The van der Waals surface area contributed by atoms with E-state index in [4.69, 9.17) is 11.6 Å². The third kappa shape index (κ3) is 1.87. The molecule has 2 rings (SSSR count). The highest BCUT2D eigenvalue weighted by Gasteiger charge is 2.21. The second kappa shape index (κ2) is 4.56. The predicted octanol–water partition coefficient (Wildman–Crippen LogP) is 3.86. The number of rotatable bonds is 2. The smallest absolute Gasteiger partial charge is 0.153 e. The third-order valence-electron chi connectivity index (χ3n) is 2.90. The van der Waals surface area contributed by atoms with Crippen molar-refractivity contribution in [2.45, 2.75) is 27.2 Å². The van der Waals surface area contributed by atoms with Crippen LogP contribution in [0.4, 0.5) is 0 Å². The number of hydrogen-bond donors (Lipinski definition) is 0. The van der Waals surface area contributed by atoms with Crippen molar-refractivity contribution in [3.63, 3.8) is 0 Å². The number of para-hydroxylation sites is 1. The number of benzene rings is 1. The molecule has 0 aliphatic rings. The summed E-state index contributed by atoms with van der Waals surface area (Å²) in [6.07, 6.45) is 0.997. The number of aromatic nitrogens is 1. The van der Waals surface area contributed by atoms with E-state index in [1.807, 2.05) is 12.1 Å². The minimum atomic E-state index is 0.824. The molecule has 0 N–H and O–H groups in total. The van der Waals surface area contributed by atoms with Crippen LogP contribution in [-0.2, 0) is 6.42 Å². The van der Waals surface area contributed by atoms with Gasteiger partial charge >= 0.3 is 0 Å². The summed E-state index contributed by atoms with van der Waals surface area (Å²) in [5, 5.41) is 0.824. The summed E-state index contributed by atoms with van der Waals surface area (Å²) in [4.78, 5) is 1.34. The standard InChI is InChI=1S/C13H15ClNS/c1-4-11-6-5-7-12(14)13(11)15-8-16-10(3)9(15)2/h5-8H,4H2,1-3H3/q+1. The van der Waals surface area contributed by atoms with Gasteiger partial charge in [-0.3, -0.25) is 0 Å². The lowest BCUT2D eigenvalue weighted by Gasteiger charge is -2.03. The zero-order chi connectivity index (χ0) is 11.7. The summed E-state index contributed by atoms with van der Waals surface area (Å²) < 4.78 is 2.20. The van der Waals surface area contributed by atoms with Crippen LogP contribution in [0.2, 0.25) is 5.02 Å². The van der Waals surface area contributed by atoms with E-state index in [1.165, 1.54) is 16.1 Å². The van der Waals surface area contributed by atoms with Crippen molar-refractivity contribution in [3.8, 4) is 5.69 Å². The molecule has 0 spiro atoms. The minimum Gasteiger partial charge on any atom is -0.153 e. The van der Waals surface area contributed by atoms with Gasteiger partial charge in [0, 0.05) is 12.5 Å². The van der Waals surface area contributed by atoms with E-state index in [1.54, 1.807) is 11.3 Å². The van der Waals surface area contributed by atoms with E-state index >= 15 is 0 Å². The van der Waals surface area contributed by atoms with Crippen LogP contribution in [0.25, 0.3) is 5.69 Å². The van der Waals surface area contributed by atoms with E-state index in [0.717, 1.165) is 17.1 Å². The molecule has 0 bridgehead atoms. The Kier molecular flexibility index (Phi) is 3.31. The van der Waals surface area contributed by atoms with Crippen molar-refractivity contribution in [2.24, 2.45) is 0 Å². The van der Waals surface area contributed by atoms with Gasteiger partial charge < -0.3 is 0 Å². The summed E-state index contributed by atoms with van der Waals surface area (Å²) in [6.45, 7) is 6.43. The quantitative estimate of drug-likeness (QED) is 0.715. The van der Waals surface area contributed by atoms with Gasteiger partial charge in [0.05, 0.1) is 4.88 Å². The number of thiazole rings is 1. The zero-order valence-electron chi connectivity index (χ0n) is 9.75. The van der Waals surface area contributed by atoms with Crippen molar-refractivity contribution in [2.75, 3.05) is 0 Å². The first-order valence-electron chi connectivity index (χ1n) is 5.39. The SMILES string of the molecule is CCc1cccc(Cl)c1-[n+]1csc(C)c1C. The number of nitrogens with zero attached hydrogens (tertiary/aromatic N) is 1. The molecule has 0 aliphatic heterocycles. The van der Waals surface area contributed by atoms with Crippen molar-refractivity contribution in [3.05, 3.63) is 44.9 Å². The van der Waals surface area contributed by atoms with Gasteiger partial charge in [0.25, 0.3) is 0 Å². The van der Waals surface area contributed by atoms with Gasteiger partial charge in [0.1, 0.15) is 5.02 Å². The highest BCUT2D eigenvalue weighted by Crippen LogP contribution is 2.23. The largest absolute Gasteiger partial charge is 0.233 e.